The third kappa shape index (κ3) is 4.17. The molecule has 0 spiro atoms. The number of carbonyl (C=O) groups excluding carboxylic acids is 1. The highest BCUT2D eigenvalue weighted by molar-refractivity contribution is 7.85. The van der Waals surface area contributed by atoms with Crippen molar-refractivity contribution in [1.29, 1.82) is 0 Å². The highest BCUT2D eigenvalue weighted by atomic mass is 32.2. The van der Waals surface area contributed by atoms with Crippen LogP contribution in [0.3, 0.4) is 0 Å². The van der Waals surface area contributed by atoms with Crippen LogP contribution in [0, 0.1) is 6.92 Å². The SMILES string of the molecule is CC(=O)Nc1nc(C)c(-c2ccc(S(=O)NCCO)s2)s1. The molecule has 1 unspecified atom stereocenters. The number of aliphatic hydroxyl groups is 1. The average molecular weight is 345 g/mol. The second kappa shape index (κ2) is 7.23. The van der Waals surface area contributed by atoms with Gasteiger partial charge >= 0.3 is 0 Å². The number of nitrogens with one attached hydrogen (secondary N) is 2. The van der Waals surface area contributed by atoms with E-state index in [-0.39, 0.29) is 19.1 Å². The van der Waals surface area contributed by atoms with Crippen LogP contribution in [0.1, 0.15) is 12.6 Å². The summed E-state index contributed by atoms with van der Waals surface area (Å²) in [5.74, 6) is -0.156. The molecule has 2 aromatic rings. The Kier molecular flexibility index (Phi) is 5.59. The lowest BCUT2D eigenvalue weighted by Gasteiger charge is -1.98. The third-order valence-electron chi connectivity index (χ3n) is 2.41. The second-order valence-electron chi connectivity index (χ2n) is 4.12. The number of anilines is 1. The number of hydrogen-bond acceptors (Lipinski definition) is 6. The number of aryl methyl sites for hydroxylation is 1. The Morgan fingerprint density at radius 2 is 2.19 bits per heavy atom. The maximum Gasteiger partial charge on any atom is 0.223 e. The zero-order valence-corrected chi connectivity index (χ0v) is 14.0. The molecule has 1 amide bonds. The molecule has 0 saturated carbocycles. The molecular formula is C12H15N3O3S3. The fourth-order valence-corrected chi connectivity index (χ4v) is 4.85. The molecule has 2 rings (SSSR count). The average Bonchev–Trinajstić information content (AvgIpc) is 3.02. The second-order valence-corrected chi connectivity index (χ2v) is 7.73. The Labute approximate surface area is 132 Å². The molecule has 6 nitrogen and oxygen atoms in total. The van der Waals surface area contributed by atoms with Crippen molar-refractivity contribution in [3.63, 3.8) is 0 Å². The quantitative estimate of drug-likeness (QED) is 0.744. The molecule has 0 bridgehead atoms. The largest absolute Gasteiger partial charge is 0.395 e. The Balaban J connectivity index is 2.19. The van der Waals surface area contributed by atoms with Gasteiger partial charge in [0.25, 0.3) is 0 Å². The van der Waals surface area contributed by atoms with E-state index in [9.17, 15) is 9.00 Å². The number of nitrogens with zero attached hydrogens (tertiary/aromatic N) is 1. The number of hydrogen-bond donors (Lipinski definition) is 3. The van der Waals surface area contributed by atoms with Gasteiger partial charge in [-0.1, -0.05) is 11.3 Å². The summed E-state index contributed by atoms with van der Waals surface area (Å²) in [6, 6.07) is 3.67. The van der Waals surface area contributed by atoms with Gasteiger partial charge in [0.1, 0.15) is 15.2 Å². The minimum absolute atomic E-state index is 0.0575. The lowest BCUT2D eigenvalue weighted by molar-refractivity contribution is -0.114. The first-order valence-electron chi connectivity index (χ1n) is 6.12. The molecule has 3 N–H and O–H groups in total. The molecule has 0 fully saturated rings. The standard InChI is InChI=1S/C12H15N3O3S3/c1-7-11(20-12(14-7)15-8(2)17)9-3-4-10(19-9)21(18)13-5-6-16/h3-4,13,16H,5-6H2,1-2H3,(H,14,15,17). The summed E-state index contributed by atoms with van der Waals surface area (Å²) >= 11 is 2.80. The first kappa shape index (κ1) is 16.2. The van der Waals surface area contributed by atoms with Crippen LogP contribution in [0.15, 0.2) is 16.3 Å². The monoisotopic (exact) mass is 345 g/mol. The van der Waals surface area contributed by atoms with Crippen molar-refractivity contribution in [2.24, 2.45) is 0 Å². The third-order valence-corrected chi connectivity index (χ3v) is 6.22. The van der Waals surface area contributed by atoms with Crippen molar-refractivity contribution in [3.8, 4) is 9.75 Å². The Morgan fingerprint density at radius 1 is 1.43 bits per heavy atom. The van der Waals surface area contributed by atoms with Crippen LogP contribution in [-0.4, -0.2) is 33.4 Å². The van der Waals surface area contributed by atoms with Crippen molar-refractivity contribution in [2.45, 2.75) is 18.1 Å². The lowest BCUT2D eigenvalue weighted by atomic mass is 10.3. The van der Waals surface area contributed by atoms with Crippen molar-refractivity contribution in [3.05, 3.63) is 17.8 Å². The summed E-state index contributed by atoms with van der Waals surface area (Å²) in [5.41, 5.74) is 0.825. The fourth-order valence-electron chi connectivity index (χ4n) is 1.58. The van der Waals surface area contributed by atoms with E-state index in [0.717, 1.165) is 15.4 Å². The van der Waals surface area contributed by atoms with Gasteiger partial charge in [-0.25, -0.2) is 13.9 Å². The van der Waals surface area contributed by atoms with Crippen LogP contribution < -0.4 is 10.0 Å². The van der Waals surface area contributed by atoms with Gasteiger partial charge < -0.3 is 10.4 Å². The van der Waals surface area contributed by atoms with Crippen LogP contribution in [0.2, 0.25) is 0 Å². The van der Waals surface area contributed by atoms with E-state index in [2.05, 4.69) is 15.0 Å². The van der Waals surface area contributed by atoms with Crippen LogP contribution in [0.5, 0.6) is 0 Å². The maximum atomic E-state index is 11.9. The van der Waals surface area contributed by atoms with Crippen LogP contribution in [0.25, 0.3) is 9.75 Å². The summed E-state index contributed by atoms with van der Waals surface area (Å²) in [6.45, 7) is 3.54. The highest BCUT2D eigenvalue weighted by Crippen LogP contribution is 2.37. The molecular weight excluding hydrogens is 330 g/mol. The minimum atomic E-state index is -1.32. The van der Waals surface area contributed by atoms with Crippen molar-refractivity contribution in [2.75, 3.05) is 18.5 Å². The number of thiazole rings is 1. The van der Waals surface area contributed by atoms with Gasteiger partial charge in [0.15, 0.2) is 5.13 Å². The fraction of sp³-hybridized carbons (Fsp3) is 0.333. The van der Waals surface area contributed by atoms with Gasteiger partial charge in [-0.2, -0.15) is 0 Å². The molecule has 0 aliphatic heterocycles. The smallest absolute Gasteiger partial charge is 0.223 e. The summed E-state index contributed by atoms with van der Waals surface area (Å²) in [6.07, 6.45) is 0. The molecule has 0 saturated heterocycles. The lowest BCUT2D eigenvalue weighted by Crippen LogP contribution is -2.20. The normalized spacial score (nSPS) is 12.3. The van der Waals surface area contributed by atoms with Crippen molar-refractivity contribution in [1.82, 2.24) is 9.71 Å². The van der Waals surface area contributed by atoms with Crippen molar-refractivity contribution < 1.29 is 14.1 Å². The Hall–Kier alpha value is -1.13. The first-order chi connectivity index (χ1) is 10.0. The Morgan fingerprint density at radius 3 is 2.86 bits per heavy atom. The summed E-state index contributed by atoms with van der Waals surface area (Å²) in [7, 11) is -1.32. The molecule has 9 heteroatoms. The van der Waals surface area contributed by atoms with Gasteiger partial charge in [-0.15, -0.1) is 11.3 Å². The first-order valence-corrected chi connectivity index (χ1v) is 8.91. The van der Waals surface area contributed by atoms with E-state index < -0.39 is 11.0 Å². The number of amides is 1. The van der Waals surface area contributed by atoms with E-state index in [0.29, 0.717) is 9.34 Å². The van der Waals surface area contributed by atoms with E-state index in [1.807, 2.05) is 13.0 Å². The van der Waals surface area contributed by atoms with Gasteiger partial charge in [0.2, 0.25) is 5.91 Å². The maximum absolute atomic E-state index is 11.9. The Bertz CT molecular complexity index is 666. The predicted molar refractivity (Wildman–Crippen MR) is 86.0 cm³/mol. The van der Waals surface area contributed by atoms with E-state index >= 15 is 0 Å². The molecule has 0 aliphatic rings. The molecule has 0 aromatic carbocycles. The zero-order valence-electron chi connectivity index (χ0n) is 11.5. The number of carbonyl (C=O) groups is 1. The van der Waals surface area contributed by atoms with Gasteiger partial charge in [0, 0.05) is 18.3 Å². The number of rotatable bonds is 6. The van der Waals surface area contributed by atoms with Crippen LogP contribution in [-0.2, 0) is 15.8 Å². The molecule has 114 valence electrons. The van der Waals surface area contributed by atoms with Crippen molar-refractivity contribution >= 4 is 44.7 Å². The number of thiophene rings is 1. The topological polar surface area (TPSA) is 91.3 Å². The summed E-state index contributed by atoms with van der Waals surface area (Å²) in [5, 5.41) is 11.9. The highest BCUT2D eigenvalue weighted by Gasteiger charge is 2.14. The number of aliphatic hydroxyl groups excluding tert-OH is 1. The summed E-state index contributed by atoms with van der Waals surface area (Å²) in [4.78, 5) is 17.3. The summed E-state index contributed by atoms with van der Waals surface area (Å²) < 4.78 is 15.3. The molecule has 21 heavy (non-hydrogen) atoms. The molecule has 0 aliphatic carbocycles. The van der Waals surface area contributed by atoms with E-state index in [1.165, 1.54) is 29.6 Å². The molecule has 2 heterocycles. The predicted octanol–water partition coefficient (Wildman–Crippen LogP) is 1.74. The van der Waals surface area contributed by atoms with Gasteiger partial charge in [-0.3, -0.25) is 4.79 Å². The van der Waals surface area contributed by atoms with Gasteiger partial charge in [0.05, 0.1) is 17.2 Å². The minimum Gasteiger partial charge on any atom is -0.395 e. The van der Waals surface area contributed by atoms with E-state index in [1.54, 1.807) is 6.07 Å². The van der Waals surface area contributed by atoms with Gasteiger partial charge in [-0.05, 0) is 19.1 Å². The number of aromatic nitrogens is 1. The van der Waals surface area contributed by atoms with E-state index in [4.69, 9.17) is 5.11 Å². The van der Waals surface area contributed by atoms with Crippen LogP contribution in [0.4, 0.5) is 5.13 Å². The zero-order chi connectivity index (χ0) is 15.4. The molecule has 2 aromatic heterocycles. The molecule has 0 radical (unpaired) electrons. The van der Waals surface area contributed by atoms with Crippen LogP contribution >= 0.6 is 22.7 Å². The molecule has 1 atom stereocenters.